The number of nitrogens with zero attached hydrogens (tertiary/aromatic N) is 1. The summed E-state index contributed by atoms with van der Waals surface area (Å²) >= 11 is 0. The summed E-state index contributed by atoms with van der Waals surface area (Å²) in [6, 6.07) is 10.6. The second kappa shape index (κ2) is 5.54. The molecule has 1 atom stereocenters. The Bertz CT molecular complexity index is 620. The highest BCUT2D eigenvalue weighted by Gasteiger charge is 2.06. The molecular formula is C15H17NO2. The van der Waals surface area contributed by atoms with Crippen LogP contribution in [0.4, 0.5) is 0 Å². The highest BCUT2D eigenvalue weighted by atomic mass is 16.5. The van der Waals surface area contributed by atoms with E-state index >= 15 is 0 Å². The van der Waals surface area contributed by atoms with Gasteiger partial charge in [0.2, 0.25) is 0 Å². The maximum Gasteiger partial charge on any atom is 0.255 e. The van der Waals surface area contributed by atoms with E-state index < -0.39 is 0 Å². The molecule has 0 saturated carbocycles. The largest absolute Gasteiger partial charge is 0.492 e. The molecule has 1 heterocycles. The van der Waals surface area contributed by atoms with E-state index in [1.54, 1.807) is 19.2 Å². The molecule has 1 aromatic heterocycles. The second-order valence-electron chi connectivity index (χ2n) is 3.86. The van der Waals surface area contributed by atoms with Crippen LogP contribution in [-0.4, -0.2) is 11.2 Å². The summed E-state index contributed by atoms with van der Waals surface area (Å²) in [6.07, 6.45) is 1.34. The van der Waals surface area contributed by atoms with Gasteiger partial charge in [0.25, 0.3) is 5.56 Å². The molecule has 0 bridgehead atoms. The number of rotatable bonds is 4. The lowest BCUT2D eigenvalue weighted by Crippen LogP contribution is -2.17. The number of hydrogen-bond donors (Lipinski definition) is 0. The molecule has 3 nitrogen and oxygen atoms in total. The number of benzene rings is 1. The van der Waals surface area contributed by atoms with Gasteiger partial charge in [0.15, 0.2) is 0 Å². The van der Waals surface area contributed by atoms with Crippen LogP contribution in [0.25, 0.3) is 5.69 Å². The van der Waals surface area contributed by atoms with Crippen LogP contribution in [0.5, 0.6) is 5.75 Å². The smallest absolute Gasteiger partial charge is 0.255 e. The fourth-order valence-electron chi connectivity index (χ4n) is 1.80. The number of ether oxygens (including phenoxy) is 1. The molecule has 0 N–H and O–H groups in total. The van der Waals surface area contributed by atoms with Gasteiger partial charge in [-0.2, -0.15) is 0 Å². The molecule has 0 amide bonds. The Balaban J connectivity index is 2.58. The van der Waals surface area contributed by atoms with Crippen molar-refractivity contribution in [2.24, 2.45) is 0 Å². The molecule has 0 fully saturated rings. The van der Waals surface area contributed by atoms with Crippen LogP contribution < -0.4 is 10.3 Å². The predicted octanol–water partition coefficient (Wildman–Crippen LogP) is 2.80. The standard InChI is InChI=1S/C15H17NO2/c1-3-12-9-10-15(17)16(11-12)13-7-5-6-8-14(13)18-4-2/h5-11H,3-4H2,1-2H3/i3D. The van der Waals surface area contributed by atoms with Crippen LogP contribution in [-0.2, 0) is 6.40 Å². The monoisotopic (exact) mass is 244 g/mol. The van der Waals surface area contributed by atoms with E-state index in [0.29, 0.717) is 18.0 Å². The molecule has 94 valence electrons. The van der Waals surface area contributed by atoms with Crippen molar-refractivity contribution in [2.75, 3.05) is 6.61 Å². The zero-order chi connectivity index (χ0) is 13.8. The van der Waals surface area contributed by atoms with Crippen LogP contribution in [0.15, 0.2) is 47.4 Å². The molecule has 0 saturated heterocycles. The van der Waals surface area contributed by atoms with E-state index in [0.717, 1.165) is 5.56 Å². The predicted molar refractivity (Wildman–Crippen MR) is 72.6 cm³/mol. The summed E-state index contributed by atoms with van der Waals surface area (Å²) in [5, 5.41) is 0. The van der Waals surface area contributed by atoms with Crippen molar-refractivity contribution in [1.82, 2.24) is 4.57 Å². The third-order valence-electron chi connectivity index (χ3n) is 2.69. The Hall–Kier alpha value is -2.03. The first kappa shape index (κ1) is 11.1. The zero-order valence-electron chi connectivity index (χ0n) is 11.6. The highest BCUT2D eigenvalue weighted by Crippen LogP contribution is 2.21. The van der Waals surface area contributed by atoms with E-state index in [1.165, 1.54) is 10.6 Å². The lowest BCUT2D eigenvalue weighted by molar-refractivity contribution is 0.339. The normalized spacial score (nSPS) is 12.9. The maximum absolute atomic E-state index is 12.0. The maximum atomic E-state index is 12.0. The molecule has 1 unspecified atom stereocenters. The first-order valence-corrected chi connectivity index (χ1v) is 6.00. The van der Waals surface area contributed by atoms with Crippen molar-refractivity contribution in [3.8, 4) is 11.4 Å². The minimum absolute atomic E-state index is 0.128. The SMILES string of the molecule is [2H]C(C)c1ccc(=O)n(-c2ccccc2OCC)c1. The highest BCUT2D eigenvalue weighted by molar-refractivity contribution is 5.47. The van der Waals surface area contributed by atoms with Crippen molar-refractivity contribution in [3.05, 3.63) is 58.5 Å². The zero-order valence-corrected chi connectivity index (χ0v) is 10.6. The summed E-state index contributed by atoms with van der Waals surface area (Å²) in [5.41, 5.74) is 1.37. The molecule has 2 rings (SSSR count). The van der Waals surface area contributed by atoms with Crippen LogP contribution in [0, 0.1) is 0 Å². The number of aromatic nitrogens is 1. The van der Waals surface area contributed by atoms with E-state index in [-0.39, 0.29) is 12.0 Å². The topological polar surface area (TPSA) is 31.2 Å². The molecule has 2 aromatic rings. The minimum Gasteiger partial charge on any atom is -0.492 e. The third-order valence-corrected chi connectivity index (χ3v) is 2.69. The molecule has 1 aromatic carbocycles. The average Bonchev–Trinajstić information content (AvgIpc) is 2.40. The lowest BCUT2D eigenvalue weighted by atomic mass is 10.2. The van der Waals surface area contributed by atoms with E-state index in [9.17, 15) is 4.79 Å². The summed E-state index contributed by atoms with van der Waals surface area (Å²) in [7, 11) is 0. The van der Waals surface area contributed by atoms with Crippen LogP contribution >= 0.6 is 0 Å². The number of para-hydroxylation sites is 2. The number of hydrogen-bond acceptors (Lipinski definition) is 2. The molecule has 0 aliphatic heterocycles. The minimum atomic E-state index is -0.369. The Kier molecular flexibility index (Phi) is 3.41. The molecule has 0 aliphatic carbocycles. The number of aryl methyl sites for hydroxylation is 1. The number of pyridine rings is 1. The summed E-state index contributed by atoms with van der Waals surface area (Å²) < 4.78 is 14.8. The van der Waals surface area contributed by atoms with Crippen LogP contribution in [0.1, 0.15) is 20.8 Å². The van der Waals surface area contributed by atoms with Crippen LogP contribution in [0.2, 0.25) is 0 Å². The van der Waals surface area contributed by atoms with E-state index in [4.69, 9.17) is 6.11 Å². The van der Waals surface area contributed by atoms with Gasteiger partial charge in [-0.25, -0.2) is 0 Å². The van der Waals surface area contributed by atoms with Gasteiger partial charge in [-0.1, -0.05) is 25.1 Å². The van der Waals surface area contributed by atoms with Crippen molar-refractivity contribution in [1.29, 1.82) is 0 Å². The molecule has 0 aliphatic rings. The average molecular weight is 244 g/mol. The third kappa shape index (κ3) is 2.45. The van der Waals surface area contributed by atoms with Gasteiger partial charge in [-0.05, 0) is 31.0 Å². The van der Waals surface area contributed by atoms with Crippen molar-refractivity contribution in [3.63, 3.8) is 0 Å². The fraction of sp³-hybridized carbons (Fsp3) is 0.267. The van der Waals surface area contributed by atoms with Gasteiger partial charge in [0, 0.05) is 13.6 Å². The van der Waals surface area contributed by atoms with Crippen molar-refractivity contribution in [2.45, 2.75) is 20.2 Å². The van der Waals surface area contributed by atoms with Gasteiger partial charge < -0.3 is 4.74 Å². The summed E-state index contributed by atoms with van der Waals surface area (Å²) in [5.74, 6) is 0.668. The van der Waals surface area contributed by atoms with Gasteiger partial charge in [-0.15, -0.1) is 0 Å². The van der Waals surface area contributed by atoms with Gasteiger partial charge in [0.05, 0.1) is 12.3 Å². The molecular weight excluding hydrogens is 226 g/mol. The first-order valence-electron chi connectivity index (χ1n) is 6.58. The molecule has 3 heteroatoms. The Morgan fingerprint density at radius 2 is 2.00 bits per heavy atom. The van der Waals surface area contributed by atoms with E-state index in [2.05, 4.69) is 0 Å². The summed E-state index contributed by atoms with van der Waals surface area (Å²) in [4.78, 5) is 12.0. The van der Waals surface area contributed by atoms with Gasteiger partial charge >= 0.3 is 0 Å². The molecule has 0 radical (unpaired) electrons. The first-order chi connectivity index (χ1) is 9.13. The molecule has 0 spiro atoms. The van der Waals surface area contributed by atoms with Gasteiger partial charge in [-0.3, -0.25) is 9.36 Å². The van der Waals surface area contributed by atoms with Crippen LogP contribution in [0.3, 0.4) is 0 Å². The quantitative estimate of drug-likeness (QED) is 0.828. The molecule has 18 heavy (non-hydrogen) atoms. The van der Waals surface area contributed by atoms with Gasteiger partial charge in [0.1, 0.15) is 5.75 Å². The lowest BCUT2D eigenvalue weighted by Gasteiger charge is -2.12. The Morgan fingerprint density at radius 3 is 2.72 bits per heavy atom. The van der Waals surface area contributed by atoms with E-state index in [1.807, 2.05) is 31.2 Å². The Labute approximate surface area is 108 Å². The second-order valence-corrected chi connectivity index (χ2v) is 3.86. The summed E-state index contributed by atoms with van der Waals surface area (Å²) in [6.45, 7) is 4.22. The fourth-order valence-corrected chi connectivity index (χ4v) is 1.80. The Morgan fingerprint density at radius 1 is 1.22 bits per heavy atom. The van der Waals surface area contributed by atoms with Crippen molar-refractivity contribution < 1.29 is 6.11 Å². The van der Waals surface area contributed by atoms with Crippen molar-refractivity contribution >= 4 is 0 Å².